The molecule has 2 aromatic rings. The monoisotopic (exact) mass is 287 g/mol. The molecule has 0 bridgehead atoms. The second-order valence-electron chi connectivity index (χ2n) is 4.48. The zero-order valence-electron chi connectivity index (χ0n) is 11.9. The van der Waals surface area contributed by atoms with E-state index in [1.807, 2.05) is 30.3 Å². The molecule has 0 fully saturated rings. The van der Waals surface area contributed by atoms with Crippen molar-refractivity contribution in [1.29, 1.82) is 0 Å². The molecule has 6 nitrogen and oxygen atoms in total. The molecule has 0 aliphatic heterocycles. The fraction of sp³-hybridized carbons (Fsp3) is 0.200. The Labute approximate surface area is 122 Å². The number of nitro groups is 1. The minimum absolute atomic E-state index is 0.0509. The average molecular weight is 287 g/mol. The fourth-order valence-corrected chi connectivity index (χ4v) is 1.95. The molecule has 2 rings (SSSR count). The number of hydrogen-bond acceptors (Lipinski definition) is 5. The second-order valence-corrected chi connectivity index (χ2v) is 4.48. The van der Waals surface area contributed by atoms with Gasteiger partial charge in [-0.25, -0.2) is 0 Å². The van der Waals surface area contributed by atoms with Crippen LogP contribution in [0.2, 0.25) is 0 Å². The van der Waals surface area contributed by atoms with Crippen LogP contribution in [0, 0.1) is 10.1 Å². The Morgan fingerprint density at radius 1 is 1.19 bits per heavy atom. The van der Waals surface area contributed by atoms with Crippen LogP contribution in [0.15, 0.2) is 42.5 Å². The maximum Gasteiger partial charge on any atom is 0.273 e. The summed E-state index contributed by atoms with van der Waals surface area (Å²) in [7, 11) is 3.34. The van der Waals surface area contributed by atoms with Gasteiger partial charge in [-0.05, 0) is 23.8 Å². The molecule has 0 heterocycles. The fourth-order valence-electron chi connectivity index (χ4n) is 1.95. The standard InChI is InChI=1S/C15H17N3O3/c1-16-12-7-13(9-14(8-12)18(19)20)17-10-11-4-3-5-15(6-11)21-2/h3-9,16-17H,10H2,1-2H3. The highest BCUT2D eigenvalue weighted by atomic mass is 16.6. The number of nitrogens with zero attached hydrogens (tertiary/aromatic N) is 1. The molecule has 0 atom stereocenters. The summed E-state index contributed by atoms with van der Waals surface area (Å²) in [6.07, 6.45) is 0. The average Bonchev–Trinajstić information content (AvgIpc) is 2.52. The van der Waals surface area contributed by atoms with E-state index in [1.54, 1.807) is 14.2 Å². The van der Waals surface area contributed by atoms with Gasteiger partial charge >= 0.3 is 0 Å². The lowest BCUT2D eigenvalue weighted by atomic mass is 10.2. The summed E-state index contributed by atoms with van der Waals surface area (Å²) in [5, 5.41) is 17.0. The minimum atomic E-state index is -0.405. The molecule has 6 heteroatoms. The largest absolute Gasteiger partial charge is 0.497 e. The van der Waals surface area contributed by atoms with Crippen LogP contribution in [0.5, 0.6) is 5.75 Å². The van der Waals surface area contributed by atoms with Crippen LogP contribution in [0.3, 0.4) is 0 Å². The van der Waals surface area contributed by atoms with Crippen molar-refractivity contribution in [2.75, 3.05) is 24.8 Å². The normalized spacial score (nSPS) is 10.0. The molecule has 0 saturated carbocycles. The zero-order chi connectivity index (χ0) is 15.2. The van der Waals surface area contributed by atoms with Gasteiger partial charge < -0.3 is 15.4 Å². The lowest BCUT2D eigenvalue weighted by Crippen LogP contribution is -2.01. The molecule has 0 radical (unpaired) electrons. The Hall–Kier alpha value is -2.76. The van der Waals surface area contributed by atoms with Gasteiger partial charge in [0.25, 0.3) is 5.69 Å². The molecular weight excluding hydrogens is 270 g/mol. The highest BCUT2D eigenvalue weighted by Gasteiger charge is 2.09. The van der Waals surface area contributed by atoms with E-state index >= 15 is 0 Å². The van der Waals surface area contributed by atoms with Crippen LogP contribution >= 0.6 is 0 Å². The van der Waals surface area contributed by atoms with Crippen molar-refractivity contribution >= 4 is 17.1 Å². The second kappa shape index (κ2) is 6.60. The molecule has 21 heavy (non-hydrogen) atoms. The molecule has 0 saturated heterocycles. The molecule has 0 aliphatic rings. The minimum Gasteiger partial charge on any atom is -0.497 e. The van der Waals surface area contributed by atoms with Crippen LogP contribution in [0.1, 0.15) is 5.56 Å². The van der Waals surface area contributed by atoms with Crippen LogP contribution < -0.4 is 15.4 Å². The summed E-state index contributed by atoms with van der Waals surface area (Å²) in [4.78, 5) is 10.5. The van der Waals surface area contributed by atoms with E-state index < -0.39 is 4.92 Å². The molecule has 0 aliphatic carbocycles. The van der Waals surface area contributed by atoms with Gasteiger partial charge in [0.15, 0.2) is 0 Å². The number of hydrogen-bond donors (Lipinski definition) is 2. The van der Waals surface area contributed by atoms with Crippen molar-refractivity contribution in [3.05, 3.63) is 58.1 Å². The van der Waals surface area contributed by atoms with E-state index in [9.17, 15) is 10.1 Å². The van der Waals surface area contributed by atoms with Gasteiger partial charge in [-0.15, -0.1) is 0 Å². The Morgan fingerprint density at radius 3 is 2.62 bits per heavy atom. The first-order valence-electron chi connectivity index (χ1n) is 6.46. The van der Waals surface area contributed by atoms with E-state index in [2.05, 4.69) is 10.6 Å². The van der Waals surface area contributed by atoms with Gasteiger partial charge in [-0.2, -0.15) is 0 Å². The van der Waals surface area contributed by atoms with Crippen molar-refractivity contribution in [2.24, 2.45) is 0 Å². The van der Waals surface area contributed by atoms with Gasteiger partial charge in [-0.3, -0.25) is 10.1 Å². The smallest absolute Gasteiger partial charge is 0.273 e. The number of ether oxygens (including phenoxy) is 1. The highest BCUT2D eigenvalue weighted by Crippen LogP contribution is 2.24. The van der Waals surface area contributed by atoms with E-state index in [0.29, 0.717) is 17.9 Å². The summed E-state index contributed by atoms with van der Waals surface area (Å²) in [5.74, 6) is 0.782. The van der Waals surface area contributed by atoms with Crippen LogP contribution in [0.25, 0.3) is 0 Å². The Morgan fingerprint density at radius 2 is 1.95 bits per heavy atom. The number of non-ortho nitro benzene ring substituents is 1. The maximum atomic E-state index is 10.9. The molecular formula is C15H17N3O3. The van der Waals surface area contributed by atoms with Gasteiger partial charge in [0.1, 0.15) is 5.75 Å². The summed E-state index contributed by atoms with van der Waals surface area (Å²) in [5.41, 5.74) is 2.47. The Bertz CT molecular complexity index is 644. The quantitative estimate of drug-likeness (QED) is 0.630. The first kappa shape index (κ1) is 14.6. The molecule has 110 valence electrons. The molecule has 0 amide bonds. The number of nitro benzene ring substituents is 1. The molecule has 2 N–H and O–H groups in total. The van der Waals surface area contributed by atoms with Crippen molar-refractivity contribution in [1.82, 2.24) is 0 Å². The van der Waals surface area contributed by atoms with Gasteiger partial charge in [-0.1, -0.05) is 12.1 Å². The van der Waals surface area contributed by atoms with Crippen molar-refractivity contribution in [3.63, 3.8) is 0 Å². The van der Waals surface area contributed by atoms with Gasteiger partial charge in [0.2, 0.25) is 0 Å². The highest BCUT2D eigenvalue weighted by molar-refractivity contribution is 5.63. The summed E-state index contributed by atoms with van der Waals surface area (Å²) < 4.78 is 5.17. The Kier molecular flexibility index (Phi) is 4.61. The van der Waals surface area contributed by atoms with Crippen LogP contribution in [-0.2, 0) is 6.54 Å². The third kappa shape index (κ3) is 3.85. The van der Waals surface area contributed by atoms with Crippen molar-refractivity contribution in [3.8, 4) is 5.75 Å². The van der Waals surface area contributed by atoms with Crippen molar-refractivity contribution < 1.29 is 9.66 Å². The van der Waals surface area contributed by atoms with E-state index in [-0.39, 0.29) is 5.69 Å². The SMILES string of the molecule is CNc1cc(NCc2cccc(OC)c2)cc([N+](=O)[O-])c1. The summed E-state index contributed by atoms with van der Waals surface area (Å²) in [6, 6.07) is 12.5. The molecule has 0 aromatic heterocycles. The molecule has 2 aromatic carbocycles. The Balaban J connectivity index is 2.15. The predicted molar refractivity (Wildman–Crippen MR) is 83.0 cm³/mol. The number of rotatable bonds is 6. The number of anilines is 2. The van der Waals surface area contributed by atoms with E-state index in [4.69, 9.17) is 4.74 Å². The van der Waals surface area contributed by atoms with Gasteiger partial charge in [0, 0.05) is 37.1 Å². The van der Waals surface area contributed by atoms with Gasteiger partial charge in [0.05, 0.1) is 12.0 Å². The molecule has 0 spiro atoms. The third-order valence-electron chi connectivity index (χ3n) is 3.05. The molecule has 0 unspecified atom stereocenters. The third-order valence-corrected chi connectivity index (χ3v) is 3.05. The topological polar surface area (TPSA) is 76.4 Å². The lowest BCUT2D eigenvalue weighted by Gasteiger charge is -2.09. The lowest BCUT2D eigenvalue weighted by molar-refractivity contribution is -0.384. The first-order chi connectivity index (χ1) is 10.1. The maximum absolute atomic E-state index is 10.9. The van der Waals surface area contributed by atoms with E-state index in [0.717, 1.165) is 11.3 Å². The van der Waals surface area contributed by atoms with Crippen LogP contribution in [0.4, 0.5) is 17.1 Å². The number of methoxy groups -OCH3 is 1. The van der Waals surface area contributed by atoms with E-state index in [1.165, 1.54) is 12.1 Å². The number of benzene rings is 2. The van der Waals surface area contributed by atoms with Crippen molar-refractivity contribution in [2.45, 2.75) is 6.54 Å². The first-order valence-corrected chi connectivity index (χ1v) is 6.46. The summed E-state index contributed by atoms with van der Waals surface area (Å²) in [6.45, 7) is 0.557. The number of nitrogens with one attached hydrogen (secondary N) is 2. The van der Waals surface area contributed by atoms with Crippen LogP contribution in [-0.4, -0.2) is 19.1 Å². The zero-order valence-corrected chi connectivity index (χ0v) is 11.9. The predicted octanol–water partition coefficient (Wildman–Crippen LogP) is 3.26. The summed E-state index contributed by atoms with van der Waals surface area (Å²) >= 11 is 0.